The Bertz CT molecular complexity index is 671. The van der Waals surface area contributed by atoms with Crippen LogP contribution in [0, 0.1) is 5.82 Å². The van der Waals surface area contributed by atoms with Crippen molar-refractivity contribution < 1.29 is 19.0 Å². The lowest BCUT2D eigenvalue weighted by Crippen LogP contribution is -2.39. The third kappa shape index (κ3) is 4.32. The van der Waals surface area contributed by atoms with Crippen LogP contribution in [0.1, 0.15) is 24.5 Å². The van der Waals surface area contributed by atoms with Gasteiger partial charge in [-0.2, -0.15) is 0 Å². The van der Waals surface area contributed by atoms with E-state index in [2.05, 4.69) is 0 Å². The topological polar surface area (TPSA) is 49.8 Å². The Morgan fingerprint density at radius 3 is 2.46 bits per heavy atom. The molecule has 2 aromatic rings. The van der Waals surface area contributed by atoms with Crippen LogP contribution in [-0.4, -0.2) is 35.1 Å². The zero-order chi connectivity index (χ0) is 16.9. The van der Waals surface area contributed by atoms with Crippen molar-refractivity contribution in [3.63, 3.8) is 0 Å². The zero-order valence-corrected chi connectivity index (χ0v) is 13.3. The summed E-state index contributed by atoms with van der Waals surface area (Å²) < 4.78 is 18.3. The van der Waals surface area contributed by atoms with Gasteiger partial charge in [0, 0.05) is 6.04 Å². The molecule has 1 atom stereocenters. The number of hydrogen-bond donors (Lipinski definition) is 1. The summed E-state index contributed by atoms with van der Waals surface area (Å²) in [7, 11) is 0. The number of ether oxygens (including phenoxy) is 1. The van der Waals surface area contributed by atoms with Crippen LogP contribution in [0.2, 0.25) is 0 Å². The second-order valence-electron chi connectivity index (χ2n) is 5.95. The molecule has 0 saturated heterocycles. The number of nitrogens with zero attached hydrogens (tertiary/aromatic N) is 1. The number of carbonyl (C=O) groups excluding carboxylic acids is 1. The molecular formula is C19H20FNO3. The summed E-state index contributed by atoms with van der Waals surface area (Å²) in [5.74, 6) is -0.0693. The van der Waals surface area contributed by atoms with Gasteiger partial charge in [-0.1, -0.05) is 30.3 Å². The van der Waals surface area contributed by atoms with E-state index in [1.165, 1.54) is 24.3 Å². The van der Waals surface area contributed by atoms with Crippen molar-refractivity contribution in [2.24, 2.45) is 0 Å². The average molecular weight is 329 g/mol. The van der Waals surface area contributed by atoms with E-state index in [1.54, 1.807) is 4.90 Å². The summed E-state index contributed by atoms with van der Waals surface area (Å²) in [5.41, 5.74) is 0.787. The van der Waals surface area contributed by atoms with E-state index < -0.39 is 6.10 Å². The number of carbonyl (C=O) groups is 1. The predicted molar refractivity (Wildman–Crippen MR) is 88.0 cm³/mol. The van der Waals surface area contributed by atoms with E-state index in [4.69, 9.17) is 4.74 Å². The molecule has 2 aromatic carbocycles. The number of halogens is 1. The van der Waals surface area contributed by atoms with Crippen LogP contribution in [-0.2, 0) is 4.79 Å². The molecule has 1 unspecified atom stereocenters. The fourth-order valence-electron chi connectivity index (χ4n) is 2.57. The van der Waals surface area contributed by atoms with Crippen LogP contribution in [0.25, 0.3) is 0 Å². The van der Waals surface area contributed by atoms with Gasteiger partial charge in [0.25, 0.3) is 5.91 Å². The molecule has 24 heavy (non-hydrogen) atoms. The Kier molecular flexibility index (Phi) is 5.11. The summed E-state index contributed by atoms with van der Waals surface area (Å²) >= 11 is 0. The molecule has 5 heteroatoms. The van der Waals surface area contributed by atoms with E-state index in [0.29, 0.717) is 5.75 Å². The van der Waals surface area contributed by atoms with Gasteiger partial charge in [-0.25, -0.2) is 4.39 Å². The fourth-order valence-corrected chi connectivity index (χ4v) is 2.57. The van der Waals surface area contributed by atoms with Gasteiger partial charge in [-0.05, 0) is 42.7 Å². The van der Waals surface area contributed by atoms with E-state index in [1.807, 2.05) is 30.3 Å². The van der Waals surface area contributed by atoms with Crippen molar-refractivity contribution in [2.75, 3.05) is 13.2 Å². The second kappa shape index (κ2) is 7.45. The van der Waals surface area contributed by atoms with Crippen LogP contribution >= 0.6 is 0 Å². The number of rotatable bonds is 7. The minimum atomic E-state index is -0.721. The summed E-state index contributed by atoms with van der Waals surface area (Å²) in [4.78, 5) is 14.1. The highest BCUT2D eigenvalue weighted by molar-refractivity contribution is 5.78. The third-order valence-corrected chi connectivity index (χ3v) is 4.04. The first-order chi connectivity index (χ1) is 11.6. The van der Waals surface area contributed by atoms with E-state index in [-0.39, 0.29) is 30.9 Å². The highest BCUT2D eigenvalue weighted by atomic mass is 19.1. The summed E-state index contributed by atoms with van der Waals surface area (Å²) in [6.07, 6.45) is 1.18. The lowest BCUT2D eigenvalue weighted by molar-refractivity contribution is -0.135. The van der Waals surface area contributed by atoms with E-state index in [9.17, 15) is 14.3 Å². The largest absolute Gasteiger partial charge is 0.484 e. The molecule has 3 rings (SSSR count). The second-order valence-corrected chi connectivity index (χ2v) is 5.95. The molecule has 0 heterocycles. The highest BCUT2D eigenvalue weighted by Crippen LogP contribution is 2.29. The van der Waals surface area contributed by atoms with Crippen molar-refractivity contribution in [3.8, 4) is 5.75 Å². The van der Waals surface area contributed by atoms with Crippen LogP contribution in [0.15, 0.2) is 54.6 Å². The quantitative estimate of drug-likeness (QED) is 0.850. The molecule has 1 aliphatic carbocycles. The molecule has 1 aliphatic rings. The maximum Gasteiger partial charge on any atom is 0.260 e. The number of benzene rings is 2. The Balaban J connectivity index is 1.58. The van der Waals surface area contributed by atoms with Gasteiger partial charge in [-0.3, -0.25) is 4.79 Å². The van der Waals surface area contributed by atoms with Gasteiger partial charge in [0.05, 0.1) is 12.6 Å². The molecule has 1 fully saturated rings. The maximum atomic E-state index is 12.9. The van der Waals surface area contributed by atoms with Crippen LogP contribution < -0.4 is 4.74 Å². The van der Waals surface area contributed by atoms with Crippen molar-refractivity contribution in [3.05, 3.63) is 66.0 Å². The van der Waals surface area contributed by atoms with Gasteiger partial charge in [0.2, 0.25) is 0 Å². The fraction of sp³-hybridized carbons (Fsp3) is 0.316. The monoisotopic (exact) mass is 329 g/mol. The minimum absolute atomic E-state index is 0.121. The van der Waals surface area contributed by atoms with Crippen LogP contribution in [0.5, 0.6) is 5.75 Å². The summed E-state index contributed by atoms with van der Waals surface area (Å²) in [6.45, 7) is 0.129. The Labute approximate surface area is 140 Å². The molecule has 0 aliphatic heterocycles. The van der Waals surface area contributed by atoms with Gasteiger partial charge < -0.3 is 14.7 Å². The molecule has 1 amide bonds. The van der Waals surface area contributed by atoms with Gasteiger partial charge >= 0.3 is 0 Å². The summed E-state index contributed by atoms with van der Waals surface area (Å²) in [6, 6.07) is 15.0. The first-order valence-corrected chi connectivity index (χ1v) is 8.04. The molecule has 0 aromatic heterocycles. The lowest BCUT2D eigenvalue weighted by atomic mass is 10.1. The zero-order valence-electron chi connectivity index (χ0n) is 13.3. The first-order valence-electron chi connectivity index (χ1n) is 8.04. The third-order valence-electron chi connectivity index (χ3n) is 4.04. The number of aliphatic hydroxyl groups is 1. The smallest absolute Gasteiger partial charge is 0.260 e. The number of amides is 1. The normalized spacial score (nSPS) is 14.9. The molecule has 1 N–H and O–H groups in total. The number of hydrogen-bond acceptors (Lipinski definition) is 3. The molecule has 0 bridgehead atoms. The van der Waals surface area contributed by atoms with Crippen LogP contribution in [0.3, 0.4) is 0 Å². The Hall–Kier alpha value is -2.40. The van der Waals surface area contributed by atoms with Gasteiger partial charge in [0.1, 0.15) is 11.6 Å². The van der Waals surface area contributed by atoms with Gasteiger partial charge in [0.15, 0.2) is 6.61 Å². The average Bonchev–Trinajstić information content (AvgIpc) is 3.44. The van der Waals surface area contributed by atoms with Crippen molar-refractivity contribution >= 4 is 5.91 Å². The van der Waals surface area contributed by atoms with Crippen molar-refractivity contribution in [1.82, 2.24) is 4.90 Å². The predicted octanol–water partition coefficient (Wildman–Crippen LogP) is 2.93. The number of aliphatic hydroxyl groups excluding tert-OH is 1. The van der Waals surface area contributed by atoms with Gasteiger partial charge in [-0.15, -0.1) is 0 Å². The molecule has 0 radical (unpaired) electrons. The van der Waals surface area contributed by atoms with Crippen molar-refractivity contribution in [1.29, 1.82) is 0 Å². The van der Waals surface area contributed by atoms with Crippen LogP contribution in [0.4, 0.5) is 4.39 Å². The summed E-state index contributed by atoms with van der Waals surface area (Å²) in [5, 5.41) is 10.4. The van der Waals surface area contributed by atoms with E-state index in [0.717, 1.165) is 18.4 Å². The highest BCUT2D eigenvalue weighted by Gasteiger charge is 2.34. The Morgan fingerprint density at radius 2 is 1.83 bits per heavy atom. The SMILES string of the molecule is O=C(COc1ccc(F)cc1)N(CC(O)c1ccccc1)C1CC1. The molecule has 4 nitrogen and oxygen atoms in total. The maximum absolute atomic E-state index is 12.9. The first kappa shape index (κ1) is 16.5. The van der Waals surface area contributed by atoms with E-state index >= 15 is 0 Å². The molecular weight excluding hydrogens is 309 g/mol. The standard InChI is InChI=1S/C19H20FNO3/c20-15-6-10-17(11-7-15)24-13-19(23)21(16-8-9-16)12-18(22)14-4-2-1-3-5-14/h1-7,10-11,16,18,22H,8-9,12-13H2. The molecule has 126 valence electrons. The van der Waals surface area contributed by atoms with Crippen molar-refractivity contribution in [2.45, 2.75) is 25.0 Å². The molecule has 0 spiro atoms. The molecule has 1 saturated carbocycles. The lowest BCUT2D eigenvalue weighted by Gasteiger charge is -2.25. The Morgan fingerprint density at radius 1 is 1.17 bits per heavy atom. The minimum Gasteiger partial charge on any atom is -0.484 e.